The van der Waals surface area contributed by atoms with E-state index in [2.05, 4.69) is 10.1 Å². The molecule has 2 aliphatic heterocycles. The fourth-order valence-corrected chi connectivity index (χ4v) is 3.16. The smallest absolute Gasteiger partial charge is 0.218 e. The molecule has 1 saturated heterocycles. The van der Waals surface area contributed by atoms with Crippen LogP contribution in [0.2, 0.25) is 0 Å². The molecule has 2 aromatic rings. The summed E-state index contributed by atoms with van der Waals surface area (Å²) in [6.07, 6.45) is -0.177. The Morgan fingerprint density at radius 2 is 2.14 bits per heavy atom. The van der Waals surface area contributed by atoms with Crippen LogP contribution in [0.15, 0.2) is 30.3 Å². The molecule has 0 bridgehead atoms. The number of carbonyl (C=O) groups is 1. The molecule has 3 atom stereocenters. The summed E-state index contributed by atoms with van der Waals surface area (Å²) in [6, 6.07) is 9.45. The predicted octanol–water partition coefficient (Wildman–Crippen LogP) is 2.50. The first kappa shape index (κ1) is 13.6. The molecule has 1 aromatic heterocycles. The van der Waals surface area contributed by atoms with E-state index in [-0.39, 0.29) is 29.4 Å². The second-order valence-corrected chi connectivity index (χ2v) is 5.79. The minimum atomic E-state index is -1.18. The number of benzene rings is 1. The lowest BCUT2D eigenvalue weighted by Crippen LogP contribution is -2.17. The molecule has 22 heavy (non-hydrogen) atoms. The van der Waals surface area contributed by atoms with E-state index in [0.717, 1.165) is 5.56 Å². The van der Waals surface area contributed by atoms with Crippen molar-refractivity contribution in [2.24, 2.45) is 5.92 Å². The van der Waals surface area contributed by atoms with Gasteiger partial charge in [0.1, 0.15) is 0 Å². The van der Waals surface area contributed by atoms with Gasteiger partial charge in [-0.3, -0.25) is 4.79 Å². The number of Topliss-reactive ketones (excluding diaryl/α,β-unsaturated/α-hetero) is 1. The van der Waals surface area contributed by atoms with Crippen LogP contribution >= 0.6 is 0 Å². The third-order valence-corrected chi connectivity index (χ3v) is 4.37. The lowest BCUT2D eigenvalue weighted by molar-refractivity contribution is 0.0889. The fraction of sp³-hybridized carbons (Fsp3) is 0.438. The molecule has 1 aromatic carbocycles. The van der Waals surface area contributed by atoms with Crippen molar-refractivity contribution in [3.05, 3.63) is 47.5 Å². The molecule has 0 N–H and O–H groups in total. The van der Waals surface area contributed by atoms with Gasteiger partial charge in [0, 0.05) is 13.0 Å². The van der Waals surface area contributed by atoms with Gasteiger partial charge in [-0.25, -0.2) is 14.1 Å². The van der Waals surface area contributed by atoms with Gasteiger partial charge in [0.2, 0.25) is 11.6 Å². The molecule has 4 rings (SSSR count). The number of rotatable bonds is 3. The van der Waals surface area contributed by atoms with Gasteiger partial charge < -0.3 is 4.74 Å². The first-order valence-corrected chi connectivity index (χ1v) is 7.51. The molecular formula is C16H16FN3O2. The van der Waals surface area contributed by atoms with Crippen molar-refractivity contribution >= 4 is 5.78 Å². The van der Waals surface area contributed by atoms with Gasteiger partial charge in [-0.05, 0) is 12.0 Å². The van der Waals surface area contributed by atoms with E-state index in [0.29, 0.717) is 26.1 Å². The lowest BCUT2D eigenvalue weighted by Gasteiger charge is -2.11. The zero-order chi connectivity index (χ0) is 15.1. The maximum atomic E-state index is 14.2. The Balaban J connectivity index is 1.67. The summed E-state index contributed by atoms with van der Waals surface area (Å²) in [4.78, 5) is 16.5. The number of nitrogens with zero attached hydrogens (tertiary/aromatic N) is 3. The minimum absolute atomic E-state index is 0.119. The average molecular weight is 301 g/mol. The van der Waals surface area contributed by atoms with Crippen LogP contribution in [0, 0.1) is 5.92 Å². The van der Waals surface area contributed by atoms with Crippen molar-refractivity contribution in [2.75, 3.05) is 13.2 Å². The second-order valence-electron chi connectivity index (χ2n) is 5.79. The SMILES string of the molecule is O=C(c1nc2n(n1)[C@H](c1ccccc1)C[C@@H]2F)[C@@H]1CCOC1. The number of hydrogen-bond donors (Lipinski definition) is 0. The summed E-state index contributed by atoms with van der Waals surface area (Å²) in [5.41, 5.74) is 0.983. The Morgan fingerprint density at radius 1 is 1.32 bits per heavy atom. The monoisotopic (exact) mass is 301 g/mol. The highest BCUT2D eigenvalue weighted by molar-refractivity contribution is 5.94. The van der Waals surface area contributed by atoms with Crippen LogP contribution in [0.4, 0.5) is 4.39 Å². The number of aromatic nitrogens is 3. The van der Waals surface area contributed by atoms with Gasteiger partial charge in [0.15, 0.2) is 12.0 Å². The standard InChI is InChI=1S/C16H16FN3O2/c17-12-8-13(10-4-2-1-3-5-10)20-16(12)18-15(19-20)14(21)11-6-7-22-9-11/h1-5,11-13H,6-9H2/t11-,12+,13+/m1/s1. The molecule has 5 nitrogen and oxygen atoms in total. The Morgan fingerprint density at radius 3 is 2.86 bits per heavy atom. The average Bonchev–Trinajstić information content (AvgIpc) is 3.25. The molecule has 0 aliphatic carbocycles. The van der Waals surface area contributed by atoms with E-state index < -0.39 is 6.17 Å². The van der Waals surface area contributed by atoms with Gasteiger partial charge >= 0.3 is 0 Å². The number of ketones is 1. The van der Waals surface area contributed by atoms with Crippen LogP contribution in [-0.2, 0) is 4.74 Å². The molecule has 0 radical (unpaired) electrons. The van der Waals surface area contributed by atoms with Crippen LogP contribution in [-0.4, -0.2) is 33.8 Å². The number of ether oxygens (including phenoxy) is 1. The summed E-state index contributed by atoms with van der Waals surface area (Å²) in [5.74, 6) is 0.0414. The summed E-state index contributed by atoms with van der Waals surface area (Å²) >= 11 is 0. The predicted molar refractivity (Wildman–Crippen MR) is 76.3 cm³/mol. The molecule has 2 aliphatic rings. The molecular weight excluding hydrogens is 285 g/mol. The highest BCUT2D eigenvalue weighted by Crippen LogP contribution is 2.39. The van der Waals surface area contributed by atoms with E-state index >= 15 is 0 Å². The Kier molecular flexibility index (Phi) is 3.26. The van der Waals surface area contributed by atoms with Gasteiger partial charge in [0.25, 0.3) is 0 Å². The molecule has 3 heterocycles. The Hall–Kier alpha value is -2.08. The third-order valence-electron chi connectivity index (χ3n) is 4.37. The molecule has 6 heteroatoms. The van der Waals surface area contributed by atoms with Gasteiger partial charge in [0.05, 0.1) is 18.6 Å². The fourth-order valence-electron chi connectivity index (χ4n) is 3.16. The molecule has 0 saturated carbocycles. The van der Waals surface area contributed by atoms with Gasteiger partial charge in [-0.2, -0.15) is 0 Å². The summed E-state index contributed by atoms with van der Waals surface area (Å²) in [6.45, 7) is 0.992. The maximum absolute atomic E-state index is 14.2. The highest BCUT2D eigenvalue weighted by Gasteiger charge is 2.37. The van der Waals surface area contributed by atoms with E-state index in [4.69, 9.17) is 4.74 Å². The molecule has 0 amide bonds. The lowest BCUT2D eigenvalue weighted by atomic mass is 10.0. The molecule has 0 unspecified atom stereocenters. The normalized spacial score (nSPS) is 27.0. The van der Waals surface area contributed by atoms with Gasteiger partial charge in [-0.15, -0.1) is 5.10 Å². The zero-order valence-corrected chi connectivity index (χ0v) is 12.0. The van der Waals surface area contributed by atoms with Crippen LogP contribution in [0.3, 0.4) is 0 Å². The summed E-state index contributed by atoms with van der Waals surface area (Å²) in [7, 11) is 0. The number of hydrogen-bond acceptors (Lipinski definition) is 4. The summed E-state index contributed by atoms with van der Waals surface area (Å²) < 4.78 is 21.1. The van der Waals surface area contributed by atoms with Gasteiger partial charge in [-0.1, -0.05) is 30.3 Å². The number of alkyl halides is 1. The number of halogens is 1. The Bertz CT molecular complexity index is 695. The molecule has 0 spiro atoms. The van der Waals surface area contributed by atoms with Crippen molar-refractivity contribution in [2.45, 2.75) is 25.1 Å². The molecule has 1 fully saturated rings. The van der Waals surface area contributed by atoms with E-state index in [1.807, 2.05) is 30.3 Å². The summed E-state index contributed by atoms with van der Waals surface area (Å²) in [5, 5.41) is 4.30. The number of fused-ring (bicyclic) bond motifs is 1. The minimum Gasteiger partial charge on any atom is -0.381 e. The van der Waals surface area contributed by atoms with E-state index in [9.17, 15) is 9.18 Å². The Labute approximate surface area is 127 Å². The van der Waals surface area contributed by atoms with Crippen molar-refractivity contribution in [3.63, 3.8) is 0 Å². The van der Waals surface area contributed by atoms with E-state index in [1.165, 1.54) is 0 Å². The zero-order valence-electron chi connectivity index (χ0n) is 12.0. The maximum Gasteiger partial charge on any atom is 0.218 e. The van der Waals surface area contributed by atoms with Crippen LogP contribution < -0.4 is 0 Å². The van der Waals surface area contributed by atoms with Crippen molar-refractivity contribution in [3.8, 4) is 0 Å². The largest absolute Gasteiger partial charge is 0.381 e. The van der Waals surface area contributed by atoms with Crippen LogP contribution in [0.1, 0.15) is 47.1 Å². The topological polar surface area (TPSA) is 57.0 Å². The first-order valence-electron chi connectivity index (χ1n) is 7.51. The van der Waals surface area contributed by atoms with E-state index in [1.54, 1.807) is 4.68 Å². The second kappa shape index (κ2) is 5.28. The molecule has 114 valence electrons. The quantitative estimate of drug-likeness (QED) is 0.817. The van der Waals surface area contributed by atoms with Crippen molar-refractivity contribution in [1.82, 2.24) is 14.8 Å². The third kappa shape index (κ3) is 2.14. The highest BCUT2D eigenvalue weighted by atomic mass is 19.1. The van der Waals surface area contributed by atoms with Crippen LogP contribution in [0.5, 0.6) is 0 Å². The number of carbonyl (C=O) groups excluding carboxylic acids is 1. The first-order chi connectivity index (χ1) is 10.7. The van der Waals surface area contributed by atoms with Crippen molar-refractivity contribution in [1.29, 1.82) is 0 Å². The van der Waals surface area contributed by atoms with Crippen molar-refractivity contribution < 1.29 is 13.9 Å². The van der Waals surface area contributed by atoms with Crippen LogP contribution in [0.25, 0.3) is 0 Å².